The van der Waals surface area contributed by atoms with E-state index in [1.165, 1.54) is 0 Å². The SMILES string of the molecule is CC/C=C/C/C=C/C/C=C/C/C=C/CCCCC(=O)OC[C@H](COP(=O)(O)OC[C@H](N)C(=O)O)OC(=O)CCCC/C=C/C/C=C/C/C=C/C/C=C/CC. The molecule has 1 unspecified atom stereocenters. The summed E-state index contributed by atoms with van der Waals surface area (Å²) in [5, 5.41) is 8.86. The van der Waals surface area contributed by atoms with E-state index in [9.17, 15) is 23.8 Å². The number of phosphoric acid groups is 1. The molecule has 0 aliphatic rings. The minimum Gasteiger partial charge on any atom is -0.480 e. The number of carboxylic acids is 1. The standard InChI is InChI=1S/C42H66NO10P/c1-3-5-7-9-11-13-15-17-19-21-23-25-27-29-31-33-40(44)50-35-38(36-51-54(48,49)52-37-39(43)42(46)47)53-41(45)34-32-30-28-26-24-22-20-18-16-14-12-10-8-6-4-2/h5-8,11-14,17-20,23-26,38-39H,3-4,9-10,15-16,21-22,27-37,43H2,1-2H3,(H,46,47)(H,48,49)/b7-5+,8-6+,13-11+,14-12+,19-17+,20-18+,25-23+,26-24+/t38-,39+/m1/s1. The Kier molecular flexibility index (Phi) is 34.0. The molecule has 0 saturated carbocycles. The largest absolute Gasteiger partial charge is 0.480 e. The highest BCUT2D eigenvalue weighted by Gasteiger charge is 2.28. The van der Waals surface area contributed by atoms with Gasteiger partial charge in [-0.2, -0.15) is 0 Å². The Morgan fingerprint density at radius 1 is 0.574 bits per heavy atom. The fourth-order valence-electron chi connectivity index (χ4n) is 4.34. The van der Waals surface area contributed by atoms with E-state index in [0.29, 0.717) is 12.8 Å². The number of hydrogen-bond acceptors (Lipinski definition) is 9. The number of allylic oxidation sites excluding steroid dienone is 16. The van der Waals surface area contributed by atoms with Crippen LogP contribution in [0.15, 0.2) is 97.2 Å². The van der Waals surface area contributed by atoms with Crippen LogP contribution in [0.25, 0.3) is 0 Å². The van der Waals surface area contributed by atoms with Gasteiger partial charge < -0.3 is 25.2 Å². The molecule has 4 N–H and O–H groups in total. The first-order valence-corrected chi connectivity index (χ1v) is 20.8. The summed E-state index contributed by atoms with van der Waals surface area (Å²) in [6.07, 6.45) is 44.9. The summed E-state index contributed by atoms with van der Waals surface area (Å²) in [4.78, 5) is 45.8. The van der Waals surface area contributed by atoms with Gasteiger partial charge in [0.05, 0.1) is 13.2 Å². The molecule has 0 aromatic heterocycles. The Morgan fingerprint density at radius 3 is 1.39 bits per heavy atom. The van der Waals surface area contributed by atoms with E-state index in [4.69, 9.17) is 24.8 Å². The second kappa shape index (κ2) is 36.4. The van der Waals surface area contributed by atoms with E-state index in [0.717, 1.165) is 77.0 Å². The maximum atomic E-state index is 12.6. The van der Waals surface area contributed by atoms with E-state index < -0.39 is 57.7 Å². The molecule has 0 fully saturated rings. The Morgan fingerprint density at radius 2 is 0.963 bits per heavy atom. The van der Waals surface area contributed by atoms with Gasteiger partial charge in [0.1, 0.15) is 12.6 Å². The monoisotopic (exact) mass is 775 g/mol. The van der Waals surface area contributed by atoms with E-state index >= 15 is 0 Å². The minimum absolute atomic E-state index is 0.0933. The molecule has 304 valence electrons. The van der Waals surface area contributed by atoms with Gasteiger partial charge in [-0.15, -0.1) is 0 Å². The van der Waals surface area contributed by atoms with Gasteiger partial charge in [0.2, 0.25) is 0 Å². The smallest absolute Gasteiger partial charge is 0.472 e. The van der Waals surface area contributed by atoms with Crippen molar-refractivity contribution in [1.82, 2.24) is 0 Å². The number of unbranched alkanes of at least 4 members (excludes halogenated alkanes) is 4. The van der Waals surface area contributed by atoms with Gasteiger partial charge in [-0.25, -0.2) is 4.57 Å². The third kappa shape index (κ3) is 35.4. The topological polar surface area (TPSA) is 172 Å². The molecular formula is C42H66NO10P. The number of ether oxygens (including phenoxy) is 2. The highest BCUT2D eigenvalue weighted by molar-refractivity contribution is 7.47. The molecule has 0 radical (unpaired) electrons. The summed E-state index contributed by atoms with van der Waals surface area (Å²) in [7, 11) is -4.74. The van der Waals surface area contributed by atoms with Gasteiger partial charge in [0.15, 0.2) is 6.10 Å². The first-order valence-electron chi connectivity index (χ1n) is 19.3. The highest BCUT2D eigenvalue weighted by Crippen LogP contribution is 2.43. The lowest BCUT2D eigenvalue weighted by atomic mass is 10.1. The maximum absolute atomic E-state index is 12.6. The Balaban J connectivity index is 4.61. The molecule has 54 heavy (non-hydrogen) atoms. The van der Waals surface area contributed by atoms with Gasteiger partial charge in [-0.1, -0.05) is 111 Å². The first-order chi connectivity index (χ1) is 26.1. The number of nitrogens with two attached hydrogens (primary N) is 1. The zero-order chi connectivity index (χ0) is 40.0. The van der Waals surface area contributed by atoms with Crippen LogP contribution < -0.4 is 5.73 Å². The normalized spacial score (nSPS) is 14.9. The number of carboxylic acid groups (broad SMARTS) is 1. The van der Waals surface area contributed by atoms with Crippen molar-refractivity contribution in [3.05, 3.63) is 97.2 Å². The molecule has 12 heteroatoms. The van der Waals surface area contributed by atoms with Gasteiger partial charge in [0.25, 0.3) is 0 Å². The molecule has 0 amide bonds. The third-order valence-corrected chi connectivity index (χ3v) is 8.28. The summed E-state index contributed by atoms with van der Waals surface area (Å²) in [5.74, 6) is -2.51. The average Bonchev–Trinajstić information content (AvgIpc) is 3.14. The van der Waals surface area contributed by atoms with Crippen LogP contribution in [0.2, 0.25) is 0 Å². The fraction of sp³-hybridized carbons (Fsp3) is 0.548. The Labute approximate surface area is 324 Å². The van der Waals surface area contributed by atoms with Crippen molar-refractivity contribution in [3.63, 3.8) is 0 Å². The Hall–Kier alpha value is -3.60. The van der Waals surface area contributed by atoms with Crippen LogP contribution in [0.5, 0.6) is 0 Å². The second-order valence-corrected chi connectivity index (χ2v) is 13.7. The van der Waals surface area contributed by atoms with Crippen LogP contribution in [-0.2, 0) is 37.5 Å². The Bertz CT molecular complexity index is 1280. The van der Waals surface area contributed by atoms with Crippen molar-refractivity contribution in [2.45, 2.75) is 129 Å². The molecule has 0 spiro atoms. The number of aliphatic carboxylic acids is 1. The van der Waals surface area contributed by atoms with Crippen LogP contribution in [-0.4, -0.2) is 59.9 Å². The molecule has 0 aliphatic carbocycles. The van der Waals surface area contributed by atoms with Crippen LogP contribution in [0.4, 0.5) is 0 Å². The van der Waals surface area contributed by atoms with E-state index in [2.05, 4.69) is 116 Å². The van der Waals surface area contributed by atoms with Gasteiger partial charge in [-0.05, 0) is 89.9 Å². The summed E-state index contributed by atoms with van der Waals surface area (Å²) in [6, 6.07) is -1.54. The second-order valence-electron chi connectivity index (χ2n) is 12.3. The van der Waals surface area contributed by atoms with Crippen molar-refractivity contribution < 1.29 is 47.5 Å². The van der Waals surface area contributed by atoms with Crippen LogP contribution in [0.3, 0.4) is 0 Å². The number of carbonyl (C=O) groups excluding carboxylic acids is 2. The number of rotatable bonds is 34. The summed E-state index contributed by atoms with van der Waals surface area (Å²) >= 11 is 0. The van der Waals surface area contributed by atoms with Crippen LogP contribution in [0.1, 0.15) is 117 Å². The van der Waals surface area contributed by atoms with E-state index in [1.54, 1.807) is 0 Å². The predicted molar refractivity (Wildman–Crippen MR) is 217 cm³/mol. The molecule has 11 nitrogen and oxygen atoms in total. The number of esters is 2. The molecule has 0 heterocycles. The molecular weight excluding hydrogens is 709 g/mol. The van der Waals surface area contributed by atoms with Crippen molar-refractivity contribution in [2.75, 3.05) is 19.8 Å². The van der Waals surface area contributed by atoms with Crippen molar-refractivity contribution in [3.8, 4) is 0 Å². The lowest BCUT2D eigenvalue weighted by Gasteiger charge is -2.20. The van der Waals surface area contributed by atoms with E-state index in [-0.39, 0.29) is 12.8 Å². The molecule has 3 atom stereocenters. The minimum atomic E-state index is -4.74. The van der Waals surface area contributed by atoms with Gasteiger partial charge >= 0.3 is 25.7 Å². The highest BCUT2D eigenvalue weighted by atomic mass is 31.2. The third-order valence-electron chi connectivity index (χ3n) is 7.33. The number of carbonyl (C=O) groups is 3. The quantitative estimate of drug-likeness (QED) is 0.0246. The lowest BCUT2D eigenvalue weighted by molar-refractivity contribution is -0.161. The molecule has 0 saturated heterocycles. The average molecular weight is 776 g/mol. The zero-order valence-electron chi connectivity index (χ0n) is 32.5. The van der Waals surface area contributed by atoms with Crippen LogP contribution >= 0.6 is 7.82 Å². The number of hydrogen-bond donors (Lipinski definition) is 3. The van der Waals surface area contributed by atoms with Crippen LogP contribution in [0, 0.1) is 0 Å². The molecule has 0 aromatic rings. The maximum Gasteiger partial charge on any atom is 0.472 e. The first kappa shape index (κ1) is 50.4. The number of phosphoric ester groups is 1. The molecule has 0 aliphatic heterocycles. The molecule has 0 bridgehead atoms. The van der Waals surface area contributed by atoms with Crippen molar-refractivity contribution in [2.24, 2.45) is 5.73 Å². The molecule has 0 rings (SSSR count). The predicted octanol–water partition coefficient (Wildman–Crippen LogP) is 9.72. The summed E-state index contributed by atoms with van der Waals surface area (Å²) in [6.45, 7) is 2.44. The molecule has 0 aromatic carbocycles. The van der Waals surface area contributed by atoms with E-state index in [1.807, 2.05) is 0 Å². The van der Waals surface area contributed by atoms with Gasteiger partial charge in [-0.3, -0.25) is 23.4 Å². The zero-order valence-corrected chi connectivity index (χ0v) is 33.4. The van der Waals surface area contributed by atoms with Crippen molar-refractivity contribution >= 4 is 25.7 Å². The van der Waals surface area contributed by atoms with Crippen molar-refractivity contribution in [1.29, 1.82) is 0 Å². The summed E-state index contributed by atoms with van der Waals surface area (Å²) < 4.78 is 32.5. The fourth-order valence-corrected chi connectivity index (χ4v) is 5.12. The summed E-state index contributed by atoms with van der Waals surface area (Å²) in [5.41, 5.74) is 5.31. The lowest BCUT2D eigenvalue weighted by Crippen LogP contribution is -2.34. The van der Waals surface area contributed by atoms with Gasteiger partial charge in [0, 0.05) is 12.8 Å².